The van der Waals surface area contributed by atoms with Crippen LogP contribution in [0.3, 0.4) is 0 Å². The Bertz CT molecular complexity index is 307. The molecule has 1 aromatic rings. The second-order valence-corrected chi connectivity index (χ2v) is 4.29. The van der Waals surface area contributed by atoms with E-state index in [-0.39, 0.29) is 0 Å². The van der Waals surface area contributed by atoms with Crippen molar-refractivity contribution in [2.24, 2.45) is 0 Å². The van der Waals surface area contributed by atoms with Gasteiger partial charge in [0.15, 0.2) is 0 Å². The fraction of sp³-hybridized carbons (Fsp3) is 0.222. The summed E-state index contributed by atoms with van der Waals surface area (Å²) in [5, 5.41) is 8.29. The van der Waals surface area contributed by atoms with Crippen LogP contribution < -0.4 is 0 Å². The van der Waals surface area contributed by atoms with Gasteiger partial charge in [0, 0.05) is 5.75 Å². The van der Waals surface area contributed by atoms with Crippen molar-refractivity contribution in [1.29, 1.82) is 5.26 Å². The standard InChI is InChI=1S/C9H7ClFNS/c10-9(11,7-12)13-6-8-4-2-1-3-5-8/h1-5H,6H2. The van der Waals surface area contributed by atoms with Crippen LogP contribution in [-0.2, 0) is 5.75 Å². The van der Waals surface area contributed by atoms with E-state index in [4.69, 9.17) is 16.9 Å². The third-order valence-corrected chi connectivity index (χ3v) is 2.74. The molecule has 0 bridgehead atoms. The topological polar surface area (TPSA) is 23.8 Å². The highest BCUT2D eigenvalue weighted by Crippen LogP contribution is 2.33. The summed E-state index contributed by atoms with van der Waals surface area (Å²) in [6.07, 6.45) is 0. The van der Waals surface area contributed by atoms with E-state index in [0.717, 1.165) is 17.3 Å². The zero-order valence-electron chi connectivity index (χ0n) is 6.71. The van der Waals surface area contributed by atoms with Crippen molar-refractivity contribution in [3.63, 3.8) is 0 Å². The summed E-state index contributed by atoms with van der Waals surface area (Å²) in [7, 11) is 0. The van der Waals surface area contributed by atoms with Crippen molar-refractivity contribution in [3.8, 4) is 6.07 Å². The number of benzene rings is 1. The first-order valence-corrected chi connectivity index (χ1v) is 4.97. The van der Waals surface area contributed by atoms with Gasteiger partial charge in [-0.1, -0.05) is 53.7 Å². The fourth-order valence-corrected chi connectivity index (χ4v) is 1.55. The van der Waals surface area contributed by atoms with Crippen LogP contribution in [0.5, 0.6) is 0 Å². The van der Waals surface area contributed by atoms with E-state index in [1.807, 2.05) is 30.3 Å². The zero-order valence-corrected chi connectivity index (χ0v) is 8.28. The van der Waals surface area contributed by atoms with Gasteiger partial charge in [-0.05, 0) is 5.56 Å². The summed E-state index contributed by atoms with van der Waals surface area (Å²) in [5.41, 5.74) is 0.949. The lowest BCUT2D eigenvalue weighted by Gasteiger charge is -2.07. The molecular weight excluding hydrogens is 209 g/mol. The number of hydrogen-bond donors (Lipinski definition) is 0. The van der Waals surface area contributed by atoms with E-state index in [9.17, 15) is 4.39 Å². The maximum absolute atomic E-state index is 12.9. The maximum atomic E-state index is 12.9. The number of nitriles is 1. The fourth-order valence-electron chi connectivity index (χ4n) is 0.780. The van der Waals surface area contributed by atoms with Crippen LogP contribution in [0, 0.1) is 11.3 Å². The minimum absolute atomic E-state index is 0.397. The number of nitrogens with zero attached hydrogens (tertiary/aromatic N) is 1. The van der Waals surface area contributed by atoms with Gasteiger partial charge in [0.05, 0.1) is 0 Å². The van der Waals surface area contributed by atoms with Crippen molar-refractivity contribution in [2.75, 3.05) is 0 Å². The second kappa shape index (κ2) is 4.50. The Balaban J connectivity index is 2.50. The molecule has 0 amide bonds. The van der Waals surface area contributed by atoms with Gasteiger partial charge in [0.25, 0.3) is 0 Å². The third kappa shape index (κ3) is 3.67. The number of rotatable bonds is 3. The molecule has 1 nitrogen and oxygen atoms in total. The molecule has 0 heterocycles. The Kier molecular flexibility index (Phi) is 3.58. The molecule has 0 saturated heterocycles. The van der Waals surface area contributed by atoms with Crippen LogP contribution in [0.1, 0.15) is 5.56 Å². The average Bonchev–Trinajstić information content (AvgIpc) is 2.17. The highest BCUT2D eigenvalue weighted by atomic mass is 35.5. The van der Waals surface area contributed by atoms with Gasteiger partial charge in [-0.3, -0.25) is 0 Å². The van der Waals surface area contributed by atoms with Crippen LogP contribution in [0.25, 0.3) is 0 Å². The first kappa shape index (κ1) is 10.4. The van der Waals surface area contributed by atoms with Crippen LogP contribution in [0.4, 0.5) is 4.39 Å². The summed E-state index contributed by atoms with van der Waals surface area (Å²) in [6.45, 7) is 0. The molecule has 0 saturated carbocycles. The summed E-state index contributed by atoms with van der Waals surface area (Å²) < 4.78 is 10.6. The van der Waals surface area contributed by atoms with E-state index in [2.05, 4.69) is 0 Å². The molecule has 0 aliphatic heterocycles. The van der Waals surface area contributed by atoms with Gasteiger partial charge < -0.3 is 0 Å². The molecule has 0 fully saturated rings. The molecule has 0 aromatic heterocycles. The molecule has 13 heavy (non-hydrogen) atoms. The lowest BCUT2D eigenvalue weighted by atomic mass is 10.2. The van der Waals surface area contributed by atoms with E-state index < -0.39 is 4.46 Å². The molecule has 1 atom stereocenters. The van der Waals surface area contributed by atoms with E-state index in [1.165, 1.54) is 6.07 Å². The summed E-state index contributed by atoms with van der Waals surface area (Å²) in [4.78, 5) is 0. The summed E-state index contributed by atoms with van der Waals surface area (Å²) >= 11 is 5.98. The SMILES string of the molecule is N#CC(F)(Cl)SCc1ccccc1. The largest absolute Gasteiger partial charge is 0.315 e. The molecule has 0 radical (unpaired) electrons. The first-order valence-electron chi connectivity index (χ1n) is 3.61. The Morgan fingerprint density at radius 2 is 2.08 bits per heavy atom. The molecule has 0 N–H and O–H groups in total. The molecule has 1 aromatic carbocycles. The predicted molar refractivity (Wildman–Crippen MR) is 53.0 cm³/mol. The average molecular weight is 216 g/mol. The minimum atomic E-state index is -2.31. The normalized spacial score (nSPS) is 14.5. The second-order valence-electron chi connectivity index (χ2n) is 2.40. The Hall–Kier alpha value is -0.720. The molecule has 4 heteroatoms. The van der Waals surface area contributed by atoms with Crippen LogP contribution in [-0.4, -0.2) is 4.46 Å². The third-order valence-electron chi connectivity index (χ3n) is 1.39. The van der Waals surface area contributed by atoms with E-state index in [1.54, 1.807) is 0 Å². The Morgan fingerprint density at radius 3 is 2.62 bits per heavy atom. The predicted octanol–water partition coefficient (Wildman–Crippen LogP) is 3.31. The van der Waals surface area contributed by atoms with Crippen molar-refractivity contribution >= 4 is 23.4 Å². The zero-order chi connectivity index (χ0) is 9.73. The minimum Gasteiger partial charge on any atom is -0.197 e. The van der Waals surface area contributed by atoms with Gasteiger partial charge >= 0.3 is 4.46 Å². The van der Waals surface area contributed by atoms with Crippen molar-refractivity contribution in [3.05, 3.63) is 35.9 Å². The van der Waals surface area contributed by atoms with Gasteiger partial charge in [0.1, 0.15) is 6.07 Å². The quantitative estimate of drug-likeness (QED) is 0.723. The lowest BCUT2D eigenvalue weighted by Crippen LogP contribution is -2.04. The Morgan fingerprint density at radius 1 is 1.46 bits per heavy atom. The highest BCUT2D eigenvalue weighted by molar-refractivity contribution is 8.01. The van der Waals surface area contributed by atoms with Gasteiger partial charge in [-0.2, -0.15) is 9.65 Å². The first-order chi connectivity index (χ1) is 6.14. The molecular formula is C9H7ClFNS. The van der Waals surface area contributed by atoms with Crippen molar-refractivity contribution < 1.29 is 4.39 Å². The van der Waals surface area contributed by atoms with E-state index in [0.29, 0.717) is 5.75 Å². The van der Waals surface area contributed by atoms with Crippen molar-refractivity contribution in [1.82, 2.24) is 0 Å². The molecule has 1 rings (SSSR count). The van der Waals surface area contributed by atoms with E-state index >= 15 is 0 Å². The maximum Gasteiger partial charge on any atom is 0.315 e. The molecule has 0 aliphatic rings. The van der Waals surface area contributed by atoms with Crippen LogP contribution in [0.2, 0.25) is 0 Å². The molecule has 0 spiro atoms. The molecule has 1 unspecified atom stereocenters. The smallest absolute Gasteiger partial charge is 0.197 e. The number of halogens is 2. The molecule has 68 valence electrons. The highest BCUT2D eigenvalue weighted by Gasteiger charge is 2.25. The number of hydrogen-bond acceptors (Lipinski definition) is 2. The number of thioether (sulfide) groups is 1. The summed E-state index contributed by atoms with van der Waals surface area (Å²) in [5.74, 6) is 0.397. The van der Waals surface area contributed by atoms with Gasteiger partial charge in [0.2, 0.25) is 0 Å². The lowest BCUT2D eigenvalue weighted by molar-refractivity contribution is 0.481. The van der Waals surface area contributed by atoms with Crippen LogP contribution in [0.15, 0.2) is 30.3 Å². The number of alkyl halides is 2. The van der Waals surface area contributed by atoms with Gasteiger partial charge in [-0.15, -0.1) is 0 Å². The Labute approximate surface area is 85.5 Å². The molecule has 0 aliphatic carbocycles. The monoisotopic (exact) mass is 215 g/mol. The van der Waals surface area contributed by atoms with Crippen LogP contribution >= 0.6 is 23.4 Å². The van der Waals surface area contributed by atoms with Crippen molar-refractivity contribution in [2.45, 2.75) is 10.2 Å². The van der Waals surface area contributed by atoms with Gasteiger partial charge in [-0.25, -0.2) is 0 Å². The summed E-state index contributed by atoms with van der Waals surface area (Å²) in [6, 6.07) is 10.7.